The van der Waals surface area contributed by atoms with E-state index in [9.17, 15) is 0 Å². The van der Waals surface area contributed by atoms with Crippen LogP contribution in [0.5, 0.6) is 0 Å². The van der Waals surface area contributed by atoms with Gasteiger partial charge >= 0.3 is 0 Å². The molecule has 0 rings (SSSR count). The van der Waals surface area contributed by atoms with Gasteiger partial charge in [-0.15, -0.1) is 6.58 Å². The van der Waals surface area contributed by atoms with Gasteiger partial charge in [0, 0.05) is 17.8 Å². The predicted molar refractivity (Wildman–Crippen MR) is 51.9 cm³/mol. The highest BCUT2D eigenvalue weighted by molar-refractivity contribution is 5.57. The molecule has 11 heavy (non-hydrogen) atoms. The molecule has 0 unspecified atom stereocenters. The van der Waals surface area contributed by atoms with Gasteiger partial charge in [0.15, 0.2) is 0 Å². The van der Waals surface area contributed by atoms with E-state index in [4.69, 9.17) is 0 Å². The Morgan fingerprint density at radius 3 is 2.55 bits per heavy atom. The summed E-state index contributed by atoms with van der Waals surface area (Å²) in [6.07, 6.45) is 8.64. The van der Waals surface area contributed by atoms with Gasteiger partial charge < -0.3 is 0 Å². The predicted octanol–water partition coefficient (Wildman–Crippen LogP) is 3.19. The molecule has 0 bridgehead atoms. The minimum Gasteiger partial charge on any atom is -0.269 e. The highest BCUT2D eigenvalue weighted by atomic mass is 14.7. The van der Waals surface area contributed by atoms with Gasteiger partial charge in [-0.05, 0) is 6.42 Å². The summed E-state index contributed by atoms with van der Waals surface area (Å²) >= 11 is 0. The molecule has 0 aliphatic rings. The maximum atomic E-state index is 4.07. The van der Waals surface area contributed by atoms with E-state index in [0.29, 0.717) is 0 Å². The van der Waals surface area contributed by atoms with Crippen molar-refractivity contribution in [3.63, 3.8) is 0 Å². The van der Waals surface area contributed by atoms with Gasteiger partial charge in [0.2, 0.25) is 0 Å². The SMILES string of the molecule is C=CC(C)(C)/C=C\N=CCC. The van der Waals surface area contributed by atoms with Crippen molar-refractivity contribution in [1.82, 2.24) is 0 Å². The van der Waals surface area contributed by atoms with Gasteiger partial charge in [0.25, 0.3) is 0 Å². The zero-order valence-corrected chi connectivity index (χ0v) is 7.67. The third kappa shape index (κ3) is 5.59. The molecule has 1 nitrogen and oxygen atoms in total. The number of hydrogen-bond acceptors (Lipinski definition) is 1. The van der Waals surface area contributed by atoms with Crippen LogP contribution in [-0.4, -0.2) is 6.21 Å². The van der Waals surface area contributed by atoms with Crippen molar-refractivity contribution in [2.45, 2.75) is 27.2 Å². The molecule has 0 N–H and O–H groups in total. The normalized spacial score (nSPS) is 13.0. The van der Waals surface area contributed by atoms with E-state index in [1.54, 1.807) is 0 Å². The molecule has 0 aromatic carbocycles. The average molecular weight is 151 g/mol. The maximum Gasteiger partial charge on any atom is 0.0232 e. The molecule has 0 spiro atoms. The second-order valence-electron chi connectivity index (χ2n) is 3.08. The van der Waals surface area contributed by atoms with Gasteiger partial charge in [0.1, 0.15) is 0 Å². The standard InChI is InChI=1S/C10H17N/c1-5-8-11-9-7-10(3,4)6-2/h6-9H,2,5H2,1,3-4H3/b9-7-,11-8?. The van der Waals surface area contributed by atoms with Crippen LogP contribution in [0.3, 0.4) is 0 Å². The average Bonchev–Trinajstić information content (AvgIpc) is 1.99. The van der Waals surface area contributed by atoms with Crippen LogP contribution < -0.4 is 0 Å². The lowest BCUT2D eigenvalue weighted by atomic mass is 9.94. The minimum absolute atomic E-state index is 0.0606. The van der Waals surface area contributed by atoms with Crippen LogP contribution in [0, 0.1) is 5.41 Å². The second kappa shape index (κ2) is 4.89. The summed E-state index contributed by atoms with van der Waals surface area (Å²) in [4.78, 5) is 4.07. The Hall–Kier alpha value is -0.850. The smallest absolute Gasteiger partial charge is 0.0232 e. The summed E-state index contributed by atoms with van der Waals surface area (Å²) in [5.74, 6) is 0. The van der Waals surface area contributed by atoms with E-state index in [0.717, 1.165) is 6.42 Å². The number of nitrogens with zero attached hydrogens (tertiary/aromatic N) is 1. The third-order valence-electron chi connectivity index (χ3n) is 1.40. The van der Waals surface area contributed by atoms with Crippen molar-refractivity contribution in [2.24, 2.45) is 10.4 Å². The molecular formula is C10H17N. The van der Waals surface area contributed by atoms with E-state index in [1.165, 1.54) is 0 Å². The molecule has 0 atom stereocenters. The van der Waals surface area contributed by atoms with Crippen LogP contribution in [-0.2, 0) is 0 Å². The molecule has 0 aliphatic heterocycles. The molecule has 0 fully saturated rings. The molecule has 0 heterocycles. The van der Waals surface area contributed by atoms with Gasteiger partial charge in [-0.2, -0.15) is 0 Å². The van der Waals surface area contributed by atoms with Crippen molar-refractivity contribution >= 4 is 6.21 Å². The first-order chi connectivity index (χ1) is 5.12. The first-order valence-corrected chi connectivity index (χ1v) is 3.95. The highest BCUT2D eigenvalue weighted by Crippen LogP contribution is 2.17. The molecule has 0 saturated carbocycles. The van der Waals surface area contributed by atoms with Crippen LogP contribution in [0.4, 0.5) is 0 Å². The molecule has 0 radical (unpaired) electrons. The quantitative estimate of drug-likeness (QED) is 0.432. The van der Waals surface area contributed by atoms with Crippen molar-refractivity contribution in [1.29, 1.82) is 0 Å². The summed E-state index contributed by atoms with van der Waals surface area (Å²) in [7, 11) is 0. The Labute approximate surface area is 69.5 Å². The fourth-order valence-corrected chi connectivity index (χ4v) is 0.469. The van der Waals surface area contributed by atoms with Gasteiger partial charge in [-0.3, -0.25) is 4.99 Å². The van der Waals surface area contributed by atoms with E-state index in [-0.39, 0.29) is 5.41 Å². The van der Waals surface area contributed by atoms with Crippen molar-refractivity contribution in [2.75, 3.05) is 0 Å². The fraction of sp³-hybridized carbons (Fsp3) is 0.500. The molecule has 0 saturated heterocycles. The Morgan fingerprint density at radius 1 is 1.45 bits per heavy atom. The first-order valence-electron chi connectivity index (χ1n) is 3.95. The molecule has 0 aromatic heterocycles. The second-order valence-corrected chi connectivity index (χ2v) is 3.08. The first kappa shape index (κ1) is 10.2. The minimum atomic E-state index is 0.0606. The molecule has 0 aromatic rings. The maximum absolute atomic E-state index is 4.07. The Balaban J connectivity index is 3.91. The van der Waals surface area contributed by atoms with Crippen molar-refractivity contribution < 1.29 is 0 Å². The van der Waals surface area contributed by atoms with E-state index in [2.05, 4.69) is 32.3 Å². The van der Waals surface area contributed by atoms with Crippen LogP contribution >= 0.6 is 0 Å². The zero-order chi connectivity index (χ0) is 8.74. The van der Waals surface area contributed by atoms with E-state index >= 15 is 0 Å². The monoisotopic (exact) mass is 151 g/mol. The largest absolute Gasteiger partial charge is 0.269 e. The van der Waals surface area contributed by atoms with Gasteiger partial charge in [-0.25, -0.2) is 0 Å². The Morgan fingerprint density at radius 2 is 2.09 bits per heavy atom. The number of aliphatic imine (C=N–C) groups is 1. The van der Waals surface area contributed by atoms with E-state index in [1.807, 2.05) is 24.6 Å². The lowest BCUT2D eigenvalue weighted by Crippen LogP contribution is -2.00. The topological polar surface area (TPSA) is 12.4 Å². The summed E-state index contributed by atoms with van der Waals surface area (Å²) in [6, 6.07) is 0. The summed E-state index contributed by atoms with van der Waals surface area (Å²) < 4.78 is 0. The molecule has 62 valence electrons. The summed E-state index contributed by atoms with van der Waals surface area (Å²) in [5.41, 5.74) is 0.0606. The molecule has 1 heteroatoms. The number of hydrogen-bond donors (Lipinski definition) is 0. The molecular weight excluding hydrogens is 134 g/mol. The van der Waals surface area contributed by atoms with E-state index < -0.39 is 0 Å². The van der Waals surface area contributed by atoms with Crippen LogP contribution in [0.15, 0.2) is 29.9 Å². The lowest BCUT2D eigenvalue weighted by molar-refractivity contribution is 0.626. The zero-order valence-electron chi connectivity index (χ0n) is 7.67. The van der Waals surface area contributed by atoms with Crippen molar-refractivity contribution in [3.8, 4) is 0 Å². The fourth-order valence-electron chi connectivity index (χ4n) is 0.469. The molecule has 0 amide bonds. The number of rotatable bonds is 4. The summed E-state index contributed by atoms with van der Waals surface area (Å²) in [5, 5.41) is 0. The van der Waals surface area contributed by atoms with Gasteiger partial charge in [-0.1, -0.05) is 32.9 Å². The van der Waals surface area contributed by atoms with Gasteiger partial charge in [0.05, 0.1) is 0 Å². The Kier molecular flexibility index (Phi) is 4.51. The molecule has 0 aliphatic carbocycles. The van der Waals surface area contributed by atoms with Crippen LogP contribution in [0.25, 0.3) is 0 Å². The third-order valence-corrected chi connectivity index (χ3v) is 1.40. The van der Waals surface area contributed by atoms with Crippen LogP contribution in [0.2, 0.25) is 0 Å². The number of allylic oxidation sites excluding steroid dienone is 2. The highest BCUT2D eigenvalue weighted by Gasteiger charge is 2.05. The lowest BCUT2D eigenvalue weighted by Gasteiger charge is -2.11. The van der Waals surface area contributed by atoms with Crippen molar-refractivity contribution in [3.05, 3.63) is 24.9 Å². The Bertz CT molecular complexity index is 164. The van der Waals surface area contributed by atoms with Crippen LogP contribution in [0.1, 0.15) is 27.2 Å². The summed E-state index contributed by atoms with van der Waals surface area (Å²) in [6.45, 7) is 9.98.